The van der Waals surface area contributed by atoms with E-state index in [1.165, 1.54) is 11.3 Å². The Morgan fingerprint density at radius 1 is 1.09 bits per heavy atom. The number of thiazole rings is 1. The first-order valence-electron chi connectivity index (χ1n) is 13.3. The van der Waals surface area contributed by atoms with Gasteiger partial charge in [0.25, 0.3) is 5.56 Å². The van der Waals surface area contributed by atoms with Crippen LogP contribution in [-0.2, 0) is 16.1 Å². The molecule has 5 rings (SSSR count). The number of nitrogens with zero attached hydrogens (tertiary/aromatic N) is 2. The molecule has 0 radical (unpaired) electrons. The highest BCUT2D eigenvalue weighted by Gasteiger charge is 2.33. The van der Waals surface area contributed by atoms with Crippen LogP contribution in [0.5, 0.6) is 11.5 Å². The second-order valence-electron chi connectivity index (χ2n) is 9.78. The number of hydrogen-bond acceptors (Lipinski definition) is 7. The molecule has 222 valence electrons. The minimum Gasteiger partial charge on any atom is -0.493 e. The quantitative estimate of drug-likeness (QED) is 0.150. The number of carbonyl (C=O) groups is 1. The molecule has 11 heteroatoms. The van der Waals surface area contributed by atoms with E-state index in [4.69, 9.17) is 37.4 Å². The third-order valence-electron chi connectivity index (χ3n) is 6.83. The van der Waals surface area contributed by atoms with Gasteiger partial charge in [0.05, 0.1) is 49.2 Å². The molecule has 1 aliphatic heterocycles. The zero-order chi connectivity index (χ0) is 30.8. The Morgan fingerprint density at radius 3 is 2.51 bits per heavy atom. The molecule has 1 aliphatic rings. The molecule has 4 aromatic rings. The Balaban J connectivity index is 1.56. The van der Waals surface area contributed by atoms with Crippen molar-refractivity contribution in [3.8, 4) is 11.5 Å². The molecule has 0 saturated carbocycles. The summed E-state index contributed by atoms with van der Waals surface area (Å²) in [6.45, 7) is 6.00. The summed E-state index contributed by atoms with van der Waals surface area (Å²) >= 11 is 15.6. The number of fused-ring (bicyclic) bond motifs is 1. The SMILES string of the molecule is CCOC(=O)C1=C(C)N=c2s/c(=C/c3cc(I)c(OCc4ccc(Cl)c(Cl)c4)c(OC)c3)c(=O)n2[C@@H]1c1ccc(C)cc1. The molecular weight excluding hydrogens is 722 g/mol. The molecule has 0 N–H and O–H groups in total. The van der Waals surface area contributed by atoms with Crippen molar-refractivity contribution in [3.63, 3.8) is 0 Å². The van der Waals surface area contributed by atoms with Crippen LogP contribution in [-0.4, -0.2) is 24.3 Å². The van der Waals surface area contributed by atoms with E-state index in [0.29, 0.717) is 42.1 Å². The van der Waals surface area contributed by atoms with Crippen LogP contribution in [0.2, 0.25) is 10.0 Å². The molecule has 0 saturated heterocycles. The highest BCUT2D eigenvalue weighted by molar-refractivity contribution is 14.1. The molecule has 3 aromatic carbocycles. The standard InChI is InChI=1S/C32H27Cl2IN2O5S/c1-5-41-31(39)27-18(3)36-32-37(28(27)21-9-6-17(2)7-10-21)30(38)26(43-32)15-20-13-24(35)29(25(14-20)40-4)42-16-19-8-11-22(33)23(34)12-19/h6-15,28H,5,16H2,1-4H3/b26-15+/t28-/m1/s1. The largest absolute Gasteiger partial charge is 0.493 e. The van der Waals surface area contributed by atoms with Gasteiger partial charge in [-0.05, 0) is 90.4 Å². The van der Waals surface area contributed by atoms with Crippen LogP contribution in [0.25, 0.3) is 6.08 Å². The van der Waals surface area contributed by atoms with Gasteiger partial charge >= 0.3 is 5.97 Å². The maximum Gasteiger partial charge on any atom is 0.338 e. The minimum absolute atomic E-state index is 0.217. The molecule has 0 unspecified atom stereocenters. The van der Waals surface area contributed by atoms with Gasteiger partial charge in [0, 0.05) is 0 Å². The van der Waals surface area contributed by atoms with E-state index in [1.807, 2.05) is 49.4 Å². The van der Waals surface area contributed by atoms with Crippen LogP contribution in [0.15, 0.2) is 75.7 Å². The van der Waals surface area contributed by atoms with Gasteiger partial charge in [0.2, 0.25) is 0 Å². The van der Waals surface area contributed by atoms with Gasteiger partial charge in [-0.3, -0.25) is 9.36 Å². The van der Waals surface area contributed by atoms with Crippen LogP contribution in [0.4, 0.5) is 0 Å². The summed E-state index contributed by atoms with van der Waals surface area (Å²) in [5, 5.41) is 0.931. The first kappa shape index (κ1) is 31.3. The Bertz CT molecular complexity index is 1930. The lowest BCUT2D eigenvalue weighted by Crippen LogP contribution is -2.39. The summed E-state index contributed by atoms with van der Waals surface area (Å²) in [6.07, 6.45) is 1.80. The summed E-state index contributed by atoms with van der Waals surface area (Å²) in [6, 6.07) is 16.2. The Kier molecular flexibility index (Phi) is 9.65. The Labute approximate surface area is 276 Å². The van der Waals surface area contributed by atoms with Crippen molar-refractivity contribution >= 4 is 69.2 Å². The van der Waals surface area contributed by atoms with E-state index in [2.05, 4.69) is 27.6 Å². The van der Waals surface area contributed by atoms with Gasteiger partial charge < -0.3 is 14.2 Å². The van der Waals surface area contributed by atoms with Crippen molar-refractivity contribution in [2.45, 2.75) is 33.4 Å². The summed E-state index contributed by atoms with van der Waals surface area (Å²) in [5.41, 5.74) is 4.11. The van der Waals surface area contributed by atoms with Gasteiger partial charge in [-0.15, -0.1) is 0 Å². The van der Waals surface area contributed by atoms with Gasteiger partial charge in [0.15, 0.2) is 16.3 Å². The number of rotatable bonds is 8. The maximum atomic E-state index is 13.9. The van der Waals surface area contributed by atoms with Crippen molar-refractivity contribution in [2.75, 3.05) is 13.7 Å². The zero-order valence-corrected chi connectivity index (χ0v) is 28.2. The fraction of sp³-hybridized carbons (Fsp3) is 0.219. The number of aryl methyl sites for hydroxylation is 1. The van der Waals surface area contributed by atoms with E-state index in [1.54, 1.807) is 43.7 Å². The predicted octanol–water partition coefficient (Wildman–Crippen LogP) is 6.61. The number of ether oxygens (including phenoxy) is 3. The molecule has 0 amide bonds. The van der Waals surface area contributed by atoms with Crippen LogP contribution in [0, 0.1) is 10.5 Å². The summed E-state index contributed by atoms with van der Waals surface area (Å²) < 4.78 is 20.0. The second kappa shape index (κ2) is 13.3. The number of aromatic nitrogens is 1. The predicted molar refractivity (Wildman–Crippen MR) is 178 cm³/mol. The average molecular weight is 749 g/mol. The third kappa shape index (κ3) is 6.55. The van der Waals surface area contributed by atoms with Crippen molar-refractivity contribution in [1.82, 2.24) is 4.57 Å². The number of hydrogen-bond donors (Lipinski definition) is 0. The van der Waals surface area contributed by atoms with E-state index in [0.717, 1.165) is 25.8 Å². The van der Waals surface area contributed by atoms with Gasteiger partial charge in [-0.2, -0.15) is 0 Å². The maximum absolute atomic E-state index is 13.9. The molecule has 0 bridgehead atoms. The first-order chi connectivity index (χ1) is 20.6. The molecule has 2 heterocycles. The number of benzene rings is 3. The van der Waals surface area contributed by atoms with Gasteiger partial charge in [-0.25, -0.2) is 9.79 Å². The van der Waals surface area contributed by atoms with Crippen molar-refractivity contribution in [1.29, 1.82) is 0 Å². The molecule has 1 aromatic heterocycles. The number of halogens is 3. The average Bonchev–Trinajstić information content (AvgIpc) is 3.27. The van der Waals surface area contributed by atoms with Crippen LogP contribution >= 0.6 is 57.1 Å². The summed E-state index contributed by atoms with van der Waals surface area (Å²) in [5.74, 6) is 0.602. The normalized spacial score (nSPS) is 14.8. The van der Waals surface area contributed by atoms with Crippen molar-refractivity contribution in [2.24, 2.45) is 4.99 Å². The topological polar surface area (TPSA) is 79.1 Å². The fourth-order valence-electron chi connectivity index (χ4n) is 4.76. The number of esters is 1. The lowest BCUT2D eigenvalue weighted by Gasteiger charge is -2.24. The number of carbonyl (C=O) groups excluding carboxylic acids is 1. The Morgan fingerprint density at radius 2 is 1.84 bits per heavy atom. The smallest absolute Gasteiger partial charge is 0.338 e. The number of allylic oxidation sites excluding steroid dienone is 1. The summed E-state index contributed by atoms with van der Waals surface area (Å²) in [7, 11) is 1.57. The van der Waals surface area contributed by atoms with Crippen LogP contribution < -0.4 is 24.4 Å². The minimum atomic E-state index is -0.662. The number of methoxy groups -OCH3 is 1. The van der Waals surface area contributed by atoms with Crippen molar-refractivity contribution < 1.29 is 19.0 Å². The first-order valence-corrected chi connectivity index (χ1v) is 16.0. The monoisotopic (exact) mass is 748 g/mol. The zero-order valence-electron chi connectivity index (χ0n) is 23.7. The third-order valence-corrected chi connectivity index (χ3v) is 9.35. The van der Waals surface area contributed by atoms with Crippen molar-refractivity contribution in [3.05, 3.63) is 121 Å². The van der Waals surface area contributed by atoms with E-state index in [-0.39, 0.29) is 18.8 Å². The lowest BCUT2D eigenvalue weighted by atomic mass is 9.95. The van der Waals surface area contributed by atoms with Crippen LogP contribution in [0.3, 0.4) is 0 Å². The highest BCUT2D eigenvalue weighted by atomic mass is 127. The molecule has 1 atom stereocenters. The van der Waals surface area contributed by atoms with Crippen LogP contribution in [0.1, 0.15) is 42.1 Å². The Hall–Kier alpha value is -3.12. The summed E-state index contributed by atoms with van der Waals surface area (Å²) in [4.78, 5) is 32.2. The molecule has 0 fully saturated rings. The van der Waals surface area contributed by atoms with E-state index in [9.17, 15) is 9.59 Å². The van der Waals surface area contributed by atoms with Gasteiger partial charge in [0.1, 0.15) is 6.61 Å². The molecule has 0 aliphatic carbocycles. The second-order valence-corrected chi connectivity index (χ2v) is 12.8. The lowest BCUT2D eigenvalue weighted by molar-refractivity contribution is -0.139. The molecule has 43 heavy (non-hydrogen) atoms. The molecule has 0 spiro atoms. The van der Waals surface area contributed by atoms with E-state index >= 15 is 0 Å². The van der Waals surface area contributed by atoms with Gasteiger partial charge in [-0.1, -0.05) is 70.4 Å². The molecule has 7 nitrogen and oxygen atoms in total. The van der Waals surface area contributed by atoms with E-state index < -0.39 is 12.0 Å². The highest BCUT2D eigenvalue weighted by Crippen LogP contribution is 2.35. The fourth-order valence-corrected chi connectivity index (χ4v) is 6.90. The molecular formula is C32H27Cl2IN2O5S.